The van der Waals surface area contributed by atoms with E-state index in [-0.39, 0.29) is 0 Å². The third kappa shape index (κ3) is 2.75. The van der Waals surface area contributed by atoms with Gasteiger partial charge in [0.2, 0.25) is 0 Å². The number of benzene rings is 2. The molecule has 0 saturated heterocycles. The van der Waals surface area contributed by atoms with Crippen LogP contribution in [0.1, 0.15) is 29.2 Å². The fourth-order valence-corrected chi connectivity index (χ4v) is 2.82. The van der Waals surface area contributed by atoms with Crippen LogP contribution >= 0.6 is 11.6 Å². The number of aryl methyl sites for hydroxylation is 1. The van der Waals surface area contributed by atoms with Crippen molar-refractivity contribution in [3.63, 3.8) is 0 Å². The monoisotopic (exact) mass is 272 g/mol. The highest BCUT2D eigenvalue weighted by atomic mass is 35.5. The summed E-state index contributed by atoms with van der Waals surface area (Å²) in [6.45, 7) is 0.867. The minimum Gasteiger partial charge on any atom is -0.399 e. The van der Waals surface area contributed by atoms with Gasteiger partial charge in [-0.05, 0) is 53.8 Å². The van der Waals surface area contributed by atoms with E-state index in [9.17, 15) is 0 Å². The highest BCUT2D eigenvalue weighted by molar-refractivity contribution is 6.30. The number of fused-ring (bicyclic) bond motifs is 1. The Hall–Kier alpha value is -1.51. The van der Waals surface area contributed by atoms with Crippen LogP contribution in [0.15, 0.2) is 42.5 Å². The molecule has 0 fully saturated rings. The van der Waals surface area contributed by atoms with Gasteiger partial charge in [-0.15, -0.1) is 0 Å². The molecule has 1 atom stereocenters. The smallest absolute Gasteiger partial charge is 0.0406 e. The van der Waals surface area contributed by atoms with Gasteiger partial charge in [0.25, 0.3) is 0 Å². The fraction of sp³-hybridized carbons (Fsp3) is 0.250. The molecule has 3 heteroatoms. The van der Waals surface area contributed by atoms with Gasteiger partial charge in [-0.25, -0.2) is 0 Å². The van der Waals surface area contributed by atoms with Gasteiger partial charge in [-0.2, -0.15) is 0 Å². The maximum Gasteiger partial charge on any atom is 0.0406 e. The van der Waals surface area contributed by atoms with Crippen molar-refractivity contribution in [2.45, 2.75) is 25.4 Å². The number of anilines is 1. The van der Waals surface area contributed by atoms with Crippen LogP contribution in [0.3, 0.4) is 0 Å². The standard InChI is InChI=1S/C16H17ClN2/c17-13-4-1-11(2-5-13)10-19-16-8-3-12-9-14(18)6-7-15(12)16/h1-2,4-7,9,16,19H,3,8,10,18H2. The molecule has 3 N–H and O–H groups in total. The van der Waals surface area contributed by atoms with Crippen molar-refractivity contribution in [1.82, 2.24) is 5.32 Å². The van der Waals surface area contributed by atoms with E-state index in [1.165, 1.54) is 16.7 Å². The van der Waals surface area contributed by atoms with Gasteiger partial charge in [0.05, 0.1) is 0 Å². The zero-order chi connectivity index (χ0) is 13.2. The minimum absolute atomic E-state index is 0.436. The Balaban J connectivity index is 1.68. The minimum atomic E-state index is 0.436. The van der Waals surface area contributed by atoms with Crippen LogP contribution in [0.4, 0.5) is 5.69 Å². The average molecular weight is 273 g/mol. The Morgan fingerprint density at radius 2 is 1.95 bits per heavy atom. The Morgan fingerprint density at radius 1 is 1.16 bits per heavy atom. The summed E-state index contributed by atoms with van der Waals surface area (Å²) in [5.74, 6) is 0. The van der Waals surface area contributed by atoms with Crippen molar-refractivity contribution in [2.24, 2.45) is 0 Å². The summed E-state index contributed by atoms with van der Waals surface area (Å²) in [7, 11) is 0. The van der Waals surface area contributed by atoms with Gasteiger partial charge in [-0.1, -0.05) is 29.8 Å². The number of rotatable bonds is 3. The predicted octanol–water partition coefficient (Wildman–Crippen LogP) is 3.70. The summed E-state index contributed by atoms with van der Waals surface area (Å²) in [6.07, 6.45) is 2.25. The first-order valence-electron chi connectivity index (χ1n) is 6.58. The Labute approximate surface area is 118 Å². The van der Waals surface area contributed by atoms with Crippen molar-refractivity contribution in [2.75, 3.05) is 5.73 Å². The molecular formula is C16H17ClN2. The third-order valence-electron chi connectivity index (χ3n) is 3.71. The Morgan fingerprint density at radius 3 is 2.74 bits per heavy atom. The molecule has 0 aromatic heterocycles. The Bertz CT molecular complexity index is 578. The normalized spacial score (nSPS) is 17.4. The number of nitrogens with two attached hydrogens (primary N) is 1. The summed E-state index contributed by atoms with van der Waals surface area (Å²) in [4.78, 5) is 0. The number of hydrogen-bond acceptors (Lipinski definition) is 2. The van der Waals surface area contributed by atoms with E-state index in [0.29, 0.717) is 6.04 Å². The second-order valence-electron chi connectivity index (χ2n) is 5.06. The lowest BCUT2D eigenvalue weighted by Gasteiger charge is -2.14. The van der Waals surface area contributed by atoms with E-state index in [2.05, 4.69) is 29.6 Å². The van der Waals surface area contributed by atoms with Crippen LogP contribution in [0.5, 0.6) is 0 Å². The van der Waals surface area contributed by atoms with Gasteiger partial charge in [0.15, 0.2) is 0 Å². The second kappa shape index (κ2) is 5.24. The first-order valence-corrected chi connectivity index (χ1v) is 6.96. The highest BCUT2D eigenvalue weighted by Crippen LogP contribution is 2.32. The van der Waals surface area contributed by atoms with Crippen LogP contribution in [-0.4, -0.2) is 0 Å². The topological polar surface area (TPSA) is 38.0 Å². The molecule has 2 aromatic rings. The second-order valence-corrected chi connectivity index (χ2v) is 5.49. The zero-order valence-corrected chi connectivity index (χ0v) is 11.5. The molecule has 1 aliphatic rings. The summed E-state index contributed by atoms with van der Waals surface area (Å²) in [5, 5.41) is 4.39. The molecule has 0 saturated carbocycles. The van der Waals surface area contributed by atoms with Crippen molar-refractivity contribution < 1.29 is 0 Å². The summed E-state index contributed by atoms with van der Waals surface area (Å²) in [5.41, 5.74) is 10.7. The number of nitrogen functional groups attached to an aromatic ring is 1. The molecule has 1 unspecified atom stereocenters. The van der Waals surface area contributed by atoms with E-state index in [1.807, 2.05) is 18.2 Å². The first kappa shape index (κ1) is 12.5. The van der Waals surface area contributed by atoms with Gasteiger partial charge < -0.3 is 11.1 Å². The number of nitrogens with one attached hydrogen (secondary N) is 1. The molecule has 0 heterocycles. The van der Waals surface area contributed by atoms with Crippen molar-refractivity contribution in [3.05, 3.63) is 64.2 Å². The van der Waals surface area contributed by atoms with Gasteiger partial charge in [0.1, 0.15) is 0 Å². The quantitative estimate of drug-likeness (QED) is 0.836. The summed E-state index contributed by atoms with van der Waals surface area (Å²) >= 11 is 5.89. The summed E-state index contributed by atoms with van der Waals surface area (Å²) < 4.78 is 0. The maximum absolute atomic E-state index is 5.89. The summed E-state index contributed by atoms with van der Waals surface area (Å²) in [6, 6.07) is 14.7. The third-order valence-corrected chi connectivity index (χ3v) is 3.96. The molecule has 0 aliphatic heterocycles. The van der Waals surface area contributed by atoms with Crippen molar-refractivity contribution in [1.29, 1.82) is 0 Å². The number of halogens is 1. The molecule has 1 aliphatic carbocycles. The van der Waals surface area contributed by atoms with Crippen molar-refractivity contribution in [3.8, 4) is 0 Å². The van der Waals surface area contributed by atoms with E-state index in [4.69, 9.17) is 17.3 Å². The lowest BCUT2D eigenvalue weighted by molar-refractivity contribution is 0.530. The highest BCUT2D eigenvalue weighted by Gasteiger charge is 2.21. The SMILES string of the molecule is Nc1ccc2c(c1)CCC2NCc1ccc(Cl)cc1. The van der Waals surface area contributed by atoms with E-state index >= 15 is 0 Å². The van der Waals surface area contributed by atoms with Crippen LogP contribution in [0.2, 0.25) is 5.02 Å². The lowest BCUT2D eigenvalue weighted by Crippen LogP contribution is -2.18. The van der Waals surface area contributed by atoms with Gasteiger partial charge >= 0.3 is 0 Å². The molecule has 3 rings (SSSR count). The van der Waals surface area contributed by atoms with E-state index in [1.54, 1.807) is 0 Å². The molecule has 0 bridgehead atoms. The molecular weight excluding hydrogens is 256 g/mol. The molecule has 98 valence electrons. The van der Waals surface area contributed by atoms with Crippen molar-refractivity contribution >= 4 is 17.3 Å². The largest absolute Gasteiger partial charge is 0.399 e. The Kier molecular flexibility index (Phi) is 3.45. The first-order chi connectivity index (χ1) is 9.22. The average Bonchev–Trinajstić information content (AvgIpc) is 2.80. The van der Waals surface area contributed by atoms with Crippen LogP contribution in [-0.2, 0) is 13.0 Å². The number of hydrogen-bond donors (Lipinski definition) is 2. The van der Waals surface area contributed by atoms with Gasteiger partial charge in [-0.3, -0.25) is 0 Å². The molecule has 0 amide bonds. The van der Waals surface area contributed by atoms with Crippen LogP contribution < -0.4 is 11.1 Å². The lowest BCUT2D eigenvalue weighted by atomic mass is 10.1. The fourth-order valence-electron chi connectivity index (χ4n) is 2.69. The van der Waals surface area contributed by atoms with Gasteiger partial charge in [0, 0.05) is 23.3 Å². The van der Waals surface area contributed by atoms with E-state index in [0.717, 1.165) is 30.1 Å². The molecule has 19 heavy (non-hydrogen) atoms. The zero-order valence-electron chi connectivity index (χ0n) is 10.7. The van der Waals surface area contributed by atoms with E-state index < -0.39 is 0 Å². The molecule has 0 spiro atoms. The predicted molar refractivity (Wildman–Crippen MR) is 80.2 cm³/mol. The molecule has 2 nitrogen and oxygen atoms in total. The van der Waals surface area contributed by atoms with Crippen LogP contribution in [0.25, 0.3) is 0 Å². The van der Waals surface area contributed by atoms with Crippen LogP contribution in [0, 0.1) is 0 Å². The molecule has 0 radical (unpaired) electrons. The molecule has 2 aromatic carbocycles. The maximum atomic E-state index is 5.89.